The lowest BCUT2D eigenvalue weighted by Crippen LogP contribution is -2.37. The number of hydrogen-bond acceptors (Lipinski definition) is 6. The number of aliphatic hydroxyl groups excluding tert-OH is 1. The zero-order chi connectivity index (χ0) is 29.4. The van der Waals surface area contributed by atoms with Gasteiger partial charge in [0.2, 0.25) is 0 Å². The summed E-state index contributed by atoms with van der Waals surface area (Å²) >= 11 is 0. The first-order valence-corrected chi connectivity index (χ1v) is 11.5. The number of rotatable bonds is 5. The number of fused-ring (bicyclic) bond motifs is 1. The van der Waals surface area contributed by atoms with Gasteiger partial charge in [0, 0.05) is 32.5 Å². The minimum absolute atomic E-state index is 0.298. The second-order valence-electron chi connectivity index (χ2n) is 8.55. The molecular weight excluding hydrogens is 540 g/mol. The molecule has 1 aliphatic rings. The Balaban J connectivity index is 0.000000317. The van der Waals surface area contributed by atoms with Crippen molar-refractivity contribution in [3.05, 3.63) is 48.8 Å². The van der Waals surface area contributed by atoms with Gasteiger partial charge >= 0.3 is 24.3 Å². The number of para-hydroxylation sites is 2. The molecule has 0 bridgehead atoms. The van der Waals surface area contributed by atoms with E-state index in [-0.39, 0.29) is 0 Å². The Kier molecular flexibility index (Phi) is 10.9. The molecule has 0 amide bonds. The average molecular weight is 567 g/mol. The number of carbonyl (C=O) groups is 2. The molecule has 1 aromatic carbocycles. The molecular formula is C23H27F6N5O5. The van der Waals surface area contributed by atoms with Crippen molar-refractivity contribution in [3.8, 4) is 0 Å². The predicted octanol–water partition coefficient (Wildman–Crippen LogP) is 3.48. The van der Waals surface area contributed by atoms with E-state index < -0.39 is 30.4 Å². The minimum atomic E-state index is -5.08. The van der Waals surface area contributed by atoms with Crippen molar-refractivity contribution in [2.75, 3.05) is 19.6 Å². The predicted molar refractivity (Wildman–Crippen MR) is 124 cm³/mol. The summed E-state index contributed by atoms with van der Waals surface area (Å²) < 4.78 is 67.6. The summed E-state index contributed by atoms with van der Waals surface area (Å²) in [5.41, 5.74) is 2.25. The second kappa shape index (κ2) is 13.4. The maximum atomic E-state index is 10.6. The largest absolute Gasteiger partial charge is 0.490 e. The highest BCUT2D eigenvalue weighted by atomic mass is 19.4. The maximum Gasteiger partial charge on any atom is 0.490 e. The van der Waals surface area contributed by atoms with Gasteiger partial charge in [0.25, 0.3) is 0 Å². The molecule has 1 unspecified atom stereocenters. The van der Waals surface area contributed by atoms with Crippen molar-refractivity contribution in [1.82, 2.24) is 24.0 Å². The third kappa shape index (κ3) is 9.55. The Bertz CT molecular complexity index is 1190. The number of imidazole rings is 2. The summed E-state index contributed by atoms with van der Waals surface area (Å²) in [4.78, 5) is 29.0. The highest BCUT2D eigenvalue weighted by molar-refractivity contribution is 5.75. The van der Waals surface area contributed by atoms with Crippen LogP contribution in [0.1, 0.15) is 24.8 Å². The van der Waals surface area contributed by atoms with Crippen LogP contribution in [-0.2, 0) is 23.2 Å². The summed E-state index contributed by atoms with van der Waals surface area (Å²) in [7, 11) is 1.94. The van der Waals surface area contributed by atoms with Gasteiger partial charge in [-0.15, -0.1) is 0 Å². The molecule has 0 aliphatic carbocycles. The van der Waals surface area contributed by atoms with Crippen LogP contribution in [0.2, 0.25) is 0 Å². The van der Waals surface area contributed by atoms with Crippen LogP contribution in [0.25, 0.3) is 11.0 Å². The first-order valence-electron chi connectivity index (χ1n) is 11.5. The fraction of sp³-hybridized carbons (Fsp3) is 0.478. The third-order valence-electron chi connectivity index (χ3n) is 5.87. The number of hydrogen-bond donors (Lipinski definition) is 3. The van der Waals surface area contributed by atoms with E-state index in [1.165, 1.54) is 5.52 Å². The Hall–Kier alpha value is -3.66. The molecule has 10 nitrogen and oxygen atoms in total. The smallest absolute Gasteiger partial charge is 0.475 e. The topological polar surface area (TPSA) is 134 Å². The van der Waals surface area contributed by atoms with Gasteiger partial charge in [-0.1, -0.05) is 12.1 Å². The number of nitrogens with zero attached hydrogens (tertiary/aromatic N) is 5. The van der Waals surface area contributed by atoms with Crippen LogP contribution >= 0.6 is 0 Å². The van der Waals surface area contributed by atoms with Gasteiger partial charge in [-0.25, -0.2) is 19.6 Å². The van der Waals surface area contributed by atoms with Gasteiger partial charge in [-0.2, -0.15) is 26.3 Å². The highest BCUT2D eigenvalue weighted by Crippen LogP contribution is 2.29. The lowest BCUT2D eigenvalue weighted by molar-refractivity contribution is -0.193. The Labute approximate surface area is 218 Å². The Morgan fingerprint density at radius 1 is 0.974 bits per heavy atom. The summed E-state index contributed by atoms with van der Waals surface area (Å²) in [5, 5.41) is 24.8. The number of carboxylic acids is 2. The number of piperidine rings is 1. The normalized spacial score (nSPS) is 15.6. The van der Waals surface area contributed by atoms with Gasteiger partial charge in [0.15, 0.2) is 0 Å². The highest BCUT2D eigenvalue weighted by Gasteiger charge is 2.38. The van der Waals surface area contributed by atoms with E-state index in [0.29, 0.717) is 5.92 Å². The van der Waals surface area contributed by atoms with Gasteiger partial charge in [-0.3, -0.25) is 0 Å². The third-order valence-corrected chi connectivity index (χ3v) is 5.87. The van der Waals surface area contributed by atoms with E-state index in [0.717, 1.165) is 50.4 Å². The minimum Gasteiger partial charge on any atom is -0.475 e. The van der Waals surface area contributed by atoms with Gasteiger partial charge < -0.3 is 29.4 Å². The summed E-state index contributed by atoms with van der Waals surface area (Å²) in [5.74, 6) is -4.44. The van der Waals surface area contributed by atoms with Crippen LogP contribution in [0.5, 0.6) is 0 Å². The zero-order valence-electron chi connectivity index (χ0n) is 20.6. The molecule has 2 aromatic heterocycles. The number of aryl methyl sites for hydroxylation is 1. The molecule has 1 aliphatic heterocycles. The molecule has 3 heterocycles. The molecule has 1 atom stereocenters. The number of aromatic nitrogens is 4. The number of benzene rings is 1. The molecule has 1 saturated heterocycles. The number of aliphatic carboxylic acids is 2. The summed E-state index contributed by atoms with van der Waals surface area (Å²) in [6.07, 6.45) is -3.02. The Morgan fingerprint density at radius 3 is 2.00 bits per heavy atom. The van der Waals surface area contributed by atoms with E-state index in [1.54, 1.807) is 6.20 Å². The second-order valence-corrected chi connectivity index (χ2v) is 8.55. The molecule has 216 valence electrons. The van der Waals surface area contributed by atoms with Crippen molar-refractivity contribution in [2.24, 2.45) is 13.0 Å². The van der Waals surface area contributed by atoms with Crippen molar-refractivity contribution < 1.29 is 51.3 Å². The molecule has 1 fully saturated rings. The summed E-state index contributed by atoms with van der Waals surface area (Å²) in [6, 6.07) is 8.26. The summed E-state index contributed by atoms with van der Waals surface area (Å²) in [6.45, 7) is 4.02. The number of aliphatic hydroxyl groups is 1. The zero-order valence-corrected chi connectivity index (χ0v) is 20.6. The SMILES string of the molecule is Cn1ccnc1C(O)C1CCN(CCn2cnc3ccccc32)CC1.O=C(O)C(F)(F)F.O=C(O)C(F)(F)F. The number of alkyl halides is 6. The molecule has 0 saturated carbocycles. The molecule has 0 spiro atoms. The standard InChI is InChI=1S/C19H25N5O.2C2HF3O2/c1-22-11-8-20-19(22)18(25)15-6-9-23(10-7-15)12-13-24-14-21-16-4-2-3-5-17(16)24;2*3-2(4,5)1(6)7/h2-5,8,11,14-15,18,25H,6-7,9-10,12-13H2,1H3;2*(H,6,7). The van der Waals surface area contributed by atoms with Gasteiger partial charge in [0.05, 0.1) is 17.4 Å². The van der Waals surface area contributed by atoms with Crippen molar-refractivity contribution in [3.63, 3.8) is 0 Å². The monoisotopic (exact) mass is 567 g/mol. The van der Waals surface area contributed by atoms with Gasteiger partial charge in [-0.05, 0) is 44.0 Å². The molecule has 3 N–H and O–H groups in total. The van der Waals surface area contributed by atoms with E-state index in [2.05, 4.69) is 37.6 Å². The molecule has 0 radical (unpaired) electrons. The number of likely N-dealkylation sites (tertiary alicyclic amines) is 1. The fourth-order valence-electron chi connectivity index (χ4n) is 3.80. The van der Waals surface area contributed by atoms with E-state index >= 15 is 0 Å². The molecule has 39 heavy (non-hydrogen) atoms. The van der Waals surface area contributed by atoms with Crippen molar-refractivity contribution in [2.45, 2.75) is 37.8 Å². The fourth-order valence-corrected chi connectivity index (χ4v) is 3.80. The Morgan fingerprint density at radius 2 is 1.51 bits per heavy atom. The number of halogens is 6. The number of carboxylic acid groups (broad SMARTS) is 2. The first-order chi connectivity index (χ1) is 18.1. The quantitative estimate of drug-likeness (QED) is 0.399. The van der Waals surface area contributed by atoms with Crippen LogP contribution in [-0.4, -0.2) is 83.2 Å². The van der Waals surface area contributed by atoms with Crippen LogP contribution in [0.15, 0.2) is 43.0 Å². The first kappa shape index (κ1) is 31.6. The molecule has 16 heteroatoms. The van der Waals surface area contributed by atoms with Crippen molar-refractivity contribution in [1.29, 1.82) is 0 Å². The maximum absolute atomic E-state index is 10.6. The van der Waals surface area contributed by atoms with Crippen LogP contribution in [0, 0.1) is 5.92 Å². The van der Waals surface area contributed by atoms with E-state index in [1.807, 2.05) is 30.2 Å². The van der Waals surface area contributed by atoms with Crippen LogP contribution in [0.3, 0.4) is 0 Å². The molecule has 3 aromatic rings. The lowest BCUT2D eigenvalue weighted by atomic mass is 9.90. The van der Waals surface area contributed by atoms with E-state index in [9.17, 15) is 31.4 Å². The van der Waals surface area contributed by atoms with Crippen LogP contribution < -0.4 is 0 Å². The average Bonchev–Trinajstić information content (AvgIpc) is 3.48. The molecule has 4 rings (SSSR count). The van der Waals surface area contributed by atoms with Crippen LogP contribution in [0.4, 0.5) is 26.3 Å². The lowest BCUT2D eigenvalue weighted by Gasteiger charge is -2.34. The van der Waals surface area contributed by atoms with Crippen molar-refractivity contribution >= 4 is 23.0 Å². The van der Waals surface area contributed by atoms with Gasteiger partial charge in [0.1, 0.15) is 11.9 Å². The van der Waals surface area contributed by atoms with E-state index in [4.69, 9.17) is 19.8 Å².